The fourth-order valence-electron chi connectivity index (χ4n) is 4.01. The Labute approximate surface area is 190 Å². The molecule has 4 rings (SSSR count). The van der Waals surface area contributed by atoms with Crippen molar-refractivity contribution < 1.29 is 22.6 Å². The van der Waals surface area contributed by atoms with Gasteiger partial charge in [-0.25, -0.2) is 13.2 Å². The Hall–Kier alpha value is -2.38. The molecule has 0 aromatic heterocycles. The largest absolute Gasteiger partial charge is 0.369 e. The predicted octanol–water partition coefficient (Wildman–Crippen LogP) is 5.75. The molecule has 1 aliphatic heterocycles. The number of piperidine rings is 1. The minimum Gasteiger partial charge on any atom is -0.369 e. The molecule has 0 bridgehead atoms. The molecule has 0 amide bonds. The summed E-state index contributed by atoms with van der Waals surface area (Å²) in [5.74, 6) is -3.22. The van der Waals surface area contributed by atoms with Crippen molar-refractivity contribution in [3.63, 3.8) is 0 Å². The number of nitrogens with one attached hydrogen (secondary N) is 1. The van der Waals surface area contributed by atoms with E-state index >= 15 is 0 Å². The van der Waals surface area contributed by atoms with E-state index in [2.05, 4.69) is 5.32 Å². The lowest BCUT2D eigenvalue weighted by atomic mass is 9.82. The van der Waals surface area contributed by atoms with Crippen LogP contribution in [0.2, 0.25) is 5.02 Å². The average Bonchev–Trinajstić information content (AvgIpc) is 2.82. The van der Waals surface area contributed by atoms with Gasteiger partial charge in [-0.3, -0.25) is 0 Å². The first-order chi connectivity index (χ1) is 15.5. The van der Waals surface area contributed by atoms with Crippen LogP contribution < -0.4 is 5.32 Å². The monoisotopic (exact) mass is 461 g/mol. The van der Waals surface area contributed by atoms with E-state index in [0.29, 0.717) is 31.1 Å². The predicted molar refractivity (Wildman–Crippen MR) is 117 cm³/mol. The quantitative estimate of drug-likeness (QED) is 0.454. The molecule has 1 N–H and O–H groups in total. The summed E-state index contributed by atoms with van der Waals surface area (Å²) in [4.78, 5) is 0. The molecule has 1 aliphatic rings. The molecule has 0 aliphatic carbocycles. The van der Waals surface area contributed by atoms with E-state index in [1.165, 1.54) is 0 Å². The Morgan fingerprint density at radius 1 is 0.906 bits per heavy atom. The van der Waals surface area contributed by atoms with E-state index < -0.39 is 41.3 Å². The smallest absolute Gasteiger partial charge is 0.167 e. The van der Waals surface area contributed by atoms with Gasteiger partial charge >= 0.3 is 0 Å². The summed E-state index contributed by atoms with van der Waals surface area (Å²) >= 11 is 6.08. The Morgan fingerprint density at radius 3 is 2.38 bits per heavy atom. The van der Waals surface area contributed by atoms with E-state index in [1.54, 1.807) is 12.1 Å². The topological polar surface area (TPSA) is 30.5 Å². The number of rotatable bonds is 7. The lowest BCUT2D eigenvalue weighted by Gasteiger charge is -2.44. The number of ether oxygens (including phenoxy) is 2. The Bertz CT molecular complexity index is 1050. The highest BCUT2D eigenvalue weighted by Crippen LogP contribution is 2.39. The maximum atomic E-state index is 14.3. The van der Waals surface area contributed by atoms with Crippen LogP contribution in [0.1, 0.15) is 23.1 Å². The molecule has 3 aromatic rings. The van der Waals surface area contributed by atoms with Crippen molar-refractivity contribution in [2.75, 3.05) is 13.1 Å². The molecule has 3 nitrogen and oxygen atoms in total. The first-order valence-electron chi connectivity index (χ1n) is 10.4. The second-order valence-corrected chi connectivity index (χ2v) is 8.18. The van der Waals surface area contributed by atoms with Crippen molar-refractivity contribution in [2.24, 2.45) is 0 Å². The third-order valence-corrected chi connectivity index (χ3v) is 6.01. The molecule has 0 radical (unpaired) electrons. The number of hydrogen-bond donors (Lipinski definition) is 1. The summed E-state index contributed by atoms with van der Waals surface area (Å²) in [5, 5.41) is 3.86. The van der Waals surface area contributed by atoms with Crippen LogP contribution >= 0.6 is 11.6 Å². The van der Waals surface area contributed by atoms with Crippen LogP contribution in [-0.2, 0) is 28.3 Å². The Morgan fingerprint density at radius 2 is 1.62 bits per heavy atom. The van der Waals surface area contributed by atoms with Crippen LogP contribution in [-0.4, -0.2) is 19.2 Å². The van der Waals surface area contributed by atoms with Gasteiger partial charge in [0.15, 0.2) is 11.6 Å². The molecule has 1 fully saturated rings. The van der Waals surface area contributed by atoms with E-state index in [4.69, 9.17) is 21.1 Å². The SMILES string of the molecule is Fc1ccc(F)c(COC2(c3ccc(Cl)cc3)CCNCC2OCc2ccccc2)c1F. The van der Waals surface area contributed by atoms with Crippen LogP contribution in [0.15, 0.2) is 66.7 Å². The molecule has 0 saturated carbocycles. The van der Waals surface area contributed by atoms with Gasteiger partial charge in [-0.05, 0) is 48.4 Å². The van der Waals surface area contributed by atoms with Crippen molar-refractivity contribution in [2.45, 2.75) is 31.3 Å². The number of halogens is 4. The standard InChI is InChI=1S/C25H23ClF3NO2/c26-19-8-6-18(7-9-19)25(32-16-20-21(27)10-11-22(28)24(20)29)12-13-30-14-23(25)31-15-17-4-2-1-3-5-17/h1-11,23,30H,12-16H2. The molecule has 32 heavy (non-hydrogen) atoms. The van der Waals surface area contributed by atoms with Crippen molar-refractivity contribution in [3.8, 4) is 0 Å². The fraction of sp³-hybridized carbons (Fsp3) is 0.280. The van der Waals surface area contributed by atoms with Gasteiger partial charge in [0.05, 0.1) is 18.8 Å². The zero-order chi connectivity index (χ0) is 22.6. The summed E-state index contributed by atoms with van der Waals surface area (Å²) in [5.41, 5.74) is 0.318. The summed E-state index contributed by atoms with van der Waals surface area (Å²) in [6.45, 7) is 0.989. The van der Waals surface area contributed by atoms with Gasteiger partial charge in [0.25, 0.3) is 0 Å². The summed E-state index contributed by atoms with van der Waals surface area (Å²) in [6.07, 6.45) is 0.0319. The van der Waals surface area contributed by atoms with Crippen LogP contribution in [0.4, 0.5) is 13.2 Å². The zero-order valence-corrected chi connectivity index (χ0v) is 18.0. The van der Waals surface area contributed by atoms with Crippen molar-refractivity contribution in [1.29, 1.82) is 0 Å². The highest BCUT2D eigenvalue weighted by molar-refractivity contribution is 6.30. The van der Waals surface area contributed by atoms with Crippen LogP contribution in [0.25, 0.3) is 0 Å². The van der Waals surface area contributed by atoms with Gasteiger partial charge in [-0.2, -0.15) is 0 Å². The molecule has 0 spiro atoms. The molecule has 1 heterocycles. The van der Waals surface area contributed by atoms with Gasteiger partial charge < -0.3 is 14.8 Å². The van der Waals surface area contributed by atoms with E-state index in [1.807, 2.05) is 42.5 Å². The summed E-state index contributed by atoms with van der Waals surface area (Å²) < 4.78 is 54.8. The third-order valence-electron chi connectivity index (χ3n) is 5.76. The van der Waals surface area contributed by atoms with E-state index in [-0.39, 0.29) is 0 Å². The van der Waals surface area contributed by atoms with Gasteiger partial charge in [0, 0.05) is 11.6 Å². The van der Waals surface area contributed by atoms with Gasteiger partial charge in [0.2, 0.25) is 0 Å². The Balaban J connectivity index is 1.66. The molecular formula is C25H23ClF3NO2. The second-order valence-electron chi connectivity index (χ2n) is 7.75. The summed E-state index contributed by atoms with van der Waals surface area (Å²) in [7, 11) is 0. The average molecular weight is 462 g/mol. The van der Waals surface area contributed by atoms with Gasteiger partial charge in [-0.1, -0.05) is 54.1 Å². The van der Waals surface area contributed by atoms with Crippen LogP contribution in [0.3, 0.4) is 0 Å². The van der Waals surface area contributed by atoms with Crippen molar-refractivity contribution in [1.82, 2.24) is 5.32 Å². The number of hydrogen-bond acceptors (Lipinski definition) is 3. The maximum absolute atomic E-state index is 14.3. The molecule has 2 atom stereocenters. The highest BCUT2D eigenvalue weighted by atomic mass is 35.5. The van der Waals surface area contributed by atoms with Gasteiger partial charge in [-0.15, -0.1) is 0 Å². The molecule has 2 unspecified atom stereocenters. The zero-order valence-electron chi connectivity index (χ0n) is 17.3. The highest BCUT2D eigenvalue weighted by Gasteiger charge is 2.45. The number of benzene rings is 3. The molecule has 1 saturated heterocycles. The summed E-state index contributed by atoms with van der Waals surface area (Å²) in [6, 6.07) is 18.5. The molecule has 3 aromatic carbocycles. The first kappa shape index (κ1) is 22.8. The third kappa shape index (κ3) is 4.84. The minimum atomic E-state index is -1.24. The fourth-order valence-corrected chi connectivity index (χ4v) is 4.14. The van der Waals surface area contributed by atoms with Crippen molar-refractivity contribution >= 4 is 11.6 Å². The molecule has 7 heteroatoms. The Kier molecular flexibility index (Phi) is 7.16. The normalized spacial score (nSPS) is 20.9. The lowest BCUT2D eigenvalue weighted by Crippen LogP contribution is -2.54. The van der Waals surface area contributed by atoms with E-state index in [0.717, 1.165) is 23.3 Å². The van der Waals surface area contributed by atoms with E-state index in [9.17, 15) is 13.2 Å². The second kappa shape index (κ2) is 10.0. The van der Waals surface area contributed by atoms with Crippen LogP contribution in [0, 0.1) is 17.5 Å². The van der Waals surface area contributed by atoms with Crippen molar-refractivity contribution in [3.05, 3.63) is 106 Å². The first-order valence-corrected chi connectivity index (χ1v) is 10.8. The maximum Gasteiger partial charge on any atom is 0.167 e. The molecular weight excluding hydrogens is 439 g/mol. The minimum absolute atomic E-state index is 0.342. The lowest BCUT2D eigenvalue weighted by molar-refractivity contribution is -0.177. The molecule has 168 valence electrons. The van der Waals surface area contributed by atoms with Crippen LogP contribution in [0.5, 0.6) is 0 Å². The van der Waals surface area contributed by atoms with Gasteiger partial charge in [0.1, 0.15) is 17.5 Å².